The molecule has 2 aromatic rings. The number of hydrogen-bond donors (Lipinski definition) is 1. The molecule has 2 aromatic carbocycles. The van der Waals surface area contributed by atoms with Crippen molar-refractivity contribution >= 4 is 23.4 Å². The summed E-state index contributed by atoms with van der Waals surface area (Å²) in [6.07, 6.45) is -0.286. The van der Waals surface area contributed by atoms with E-state index >= 15 is 0 Å². The molecule has 1 heterocycles. The minimum atomic E-state index is -0.960. The fourth-order valence-electron chi connectivity index (χ4n) is 3.68. The third-order valence-electron chi connectivity index (χ3n) is 5.39. The molecular formula is C23H27ClFN3O3. The number of nitrogens with zero attached hydrogens (tertiary/aromatic N) is 2. The number of carbonyl (C=O) groups excluding carboxylic acids is 2. The molecule has 0 bridgehead atoms. The minimum absolute atomic E-state index is 0.205. The highest BCUT2D eigenvalue weighted by molar-refractivity contribution is 6.30. The van der Waals surface area contributed by atoms with Gasteiger partial charge in [0.05, 0.1) is 12.1 Å². The fourth-order valence-corrected chi connectivity index (χ4v) is 3.80. The maximum atomic E-state index is 13.9. The van der Waals surface area contributed by atoms with Crippen LogP contribution in [0.4, 0.5) is 4.39 Å². The zero-order valence-electron chi connectivity index (χ0n) is 17.8. The maximum Gasteiger partial charge on any atom is 0.252 e. The van der Waals surface area contributed by atoms with Crippen LogP contribution in [0.2, 0.25) is 5.02 Å². The number of ether oxygens (including phenoxy) is 1. The van der Waals surface area contributed by atoms with Crippen molar-refractivity contribution in [1.82, 2.24) is 15.1 Å². The normalized spacial score (nSPS) is 20.1. The van der Waals surface area contributed by atoms with Crippen molar-refractivity contribution < 1.29 is 18.7 Å². The second kappa shape index (κ2) is 10.2. The molecule has 0 saturated carbocycles. The number of carbonyl (C=O) groups is 2. The van der Waals surface area contributed by atoms with Crippen molar-refractivity contribution in [3.8, 4) is 0 Å². The van der Waals surface area contributed by atoms with E-state index in [1.165, 1.54) is 17.0 Å². The van der Waals surface area contributed by atoms with Crippen LogP contribution in [0.3, 0.4) is 0 Å². The molecule has 2 amide bonds. The topological polar surface area (TPSA) is 61.9 Å². The molecule has 0 radical (unpaired) electrons. The van der Waals surface area contributed by atoms with Gasteiger partial charge in [0.25, 0.3) is 5.91 Å². The van der Waals surface area contributed by atoms with E-state index in [0.29, 0.717) is 17.0 Å². The monoisotopic (exact) mass is 447 g/mol. The first-order chi connectivity index (χ1) is 14.8. The van der Waals surface area contributed by atoms with Gasteiger partial charge in [0, 0.05) is 12.1 Å². The lowest BCUT2D eigenvalue weighted by Crippen LogP contribution is -2.53. The van der Waals surface area contributed by atoms with Crippen molar-refractivity contribution in [2.24, 2.45) is 0 Å². The third kappa shape index (κ3) is 5.81. The molecule has 3 unspecified atom stereocenters. The van der Waals surface area contributed by atoms with Crippen LogP contribution in [-0.4, -0.2) is 62.0 Å². The summed E-state index contributed by atoms with van der Waals surface area (Å²) in [6, 6.07) is 12.2. The Kier molecular flexibility index (Phi) is 7.64. The molecule has 0 aromatic heterocycles. The van der Waals surface area contributed by atoms with Crippen LogP contribution < -0.4 is 5.32 Å². The predicted octanol–water partition coefficient (Wildman–Crippen LogP) is 3.19. The lowest BCUT2D eigenvalue weighted by Gasteiger charge is -2.39. The first-order valence-corrected chi connectivity index (χ1v) is 10.5. The van der Waals surface area contributed by atoms with Gasteiger partial charge in [0.2, 0.25) is 5.91 Å². The molecule has 1 N–H and O–H groups in total. The zero-order chi connectivity index (χ0) is 22.5. The molecule has 31 heavy (non-hydrogen) atoms. The van der Waals surface area contributed by atoms with Crippen LogP contribution in [0.25, 0.3) is 0 Å². The highest BCUT2D eigenvalue weighted by Gasteiger charge is 2.40. The molecule has 0 aliphatic carbocycles. The van der Waals surface area contributed by atoms with Gasteiger partial charge in [-0.3, -0.25) is 9.59 Å². The first-order valence-electron chi connectivity index (χ1n) is 10.1. The number of likely N-dealkylation sites (N-methyl/N-ethyl adjacent to an activating group) is 1. The summed E-state index contributed by atoms with van der Waals surface area (Å²) in [5.74, 6) is -1.06. The van der Waals surface area contributed by atoms with Crippen LogP contribution >= 0.6 is 11.6 Å². The van der Waals surface area contributed by atoms with E-state index in [1.54, 1.807) is 31.3 Å². The van der Waals surface area contributed by atoms with Crippen molar-refractivity contribution in [1.29, 1.82) is 0 Å². The van der Waals surface area contributed by atoms with Gasteiger partial charge in [-0.2, -0.15) is 0 Å². The summed E-state index contributed by atoms with van der Waals surface area (Å²) >= 11 is 6.02. The van der Waals surface area contributed by atoms with Gasteiger partial charge in [0.1, 0.15) is 12.4 Å². The Morgan fingerprint density at radius 3 is 2.65 bits per heavy atom. The number of benzene rings is 2. The Balaban J connectivity index is 1.86. The molecule has 1 aliphatic heterocycles. The van der Waals surface area contributed by atoms with Crippen LogP contribution in [0.5, 0.6) is 0 Å². The van der Waals surface area contributed by atoms with E-state index in [4.69, 9.17) is 16.3 Å². The number of rotatable bonds is 7. The van der Waals surface area contributed by atoms with Gasteiger partial charge in [-0.05, 0) is 62.5 Å². The number of nitrogens with one attached hydrogen (secondary N) is 1. The average molecular weight is 448 g/mol. The molecule has 0 spiro atoms. The molecule has 6 nitrogen and oxygen atoms in total. The predicted molar refractivity (Wildman–Crippen MR) is 117 cm³/mol. The van der Waals surface area contributed by atoms with Crippen molar-refractivity contribution in [3.63, 3.8) is 0 Å². The minimum Gasteiger partial charge on any atom is -0.356 e. The molecule has 1 saturated heterocycles. The molecule has 3 atom stereocenters. The van der Waals surface area contributed by atoms with E-state index in [9.17, 15) is 14.0 Å². The molecule has 166 valence electrons. The molecule has 3 rings (SSSR count). The van der Waals surface area contributed by atoms with Crippen LogP contribution in [0, 0.1) is 5.82 Å². The standard InChI is InChI=1S/C23H27ClFN3O3/c1-27(2)12-11-19(15-7-9-17(24)10-8-15)26-23(30)22-21(28(3)20(29)14-31-22)16-5-4-6-18(25)13-16/h4-10,13,19,21-22H,11-12,14H2,1-3H3,(H,26,30). The summed E-state index contributed by atoms with van der Waals surface area (Å²) in [6.45, 7) is 0.550. The number of halogens is 2. The lowest BCUT2D eigenvalue weighted by molar-refractivity contribution is -0.162. The van der Waals surface area contributed by atoms with Gasteiger partial charge in [-0.15, -0.1) is 0 Å². The third-order valence-corrected chi connectivity index (χ3v) is 5.64. The molecular weight excluding hydrogens is 421 g/mol. The Hall–Kier alpha value is -2.48. The van der Waals surface area contributed by atoms with Crippen LogP contribution in [0.1, 0.15) is 29.6 Å². The zero-order valence-corrected chi connectivity index (χ0v) is 18.6. The summed E-state index contributed by atoms with van der Waals surface area (Å²) in [5.41, 5.74) is 1.43. The summed E-state index contributed by atoms with van der Waals surface area (Å²) in [4.78, 5) is 29.0. The molecule has 8 heteroatoms. The summed E-state index contributed by atoms with van der Waals surface area (Å²) in [5, 5.41) is 3.68. The molecule has 1 aliphatic rings. The van der Waals surface area contributed by atoms with E-state index in [2.05, 4.69) is 5.32 Å². The summed E-state index contributed by atoms with van der Waals surface area (Å²) in [7, 11) is 5.53. The highest BCUT2D eigenvalue weighted by atomic mass is 35.5. The van der Waals surface area contributed by atoms with Crippen molar-refractivity contribution in [3.05, 3.63) is 70.5 Å². The Morgan fingerprint density at radius 2 is 2.00 bits per heavy atom. The Morgan fingerprint density at radius 1 is 1.29 bits per heavy atom. The van der Waals surface area contributed by atoms with Crippen molar-refractivity contribution in [2.45, 2.75) is 24.6 Å². The van der Waals surface area contributed by atoms with E-state index in [0.717, 1.165) is 12.1 Å². The lowest BCUT2D eigenvalue weighted by atomic mass is 9.96. The van der Waals surface area contributed by atoms with Gasteiger partial charge in [0.15, 0.2) is 6.10 Å². The average Bonchev–Trinajstić information content (AvgIpc) is 2.73. The first kappa shape index (κ1) is 23.2. The van der Waals surface area contributed by atoms with Crippen LogP contribution in [0.15, 0.2) is 48.5 Å². The van der Waals surface area contributed by atoms with E-state index in [-0.39, 0.29) is 24.5 Å². The van der Waals surface area contributed by atoms with Crippen molar-refractivity contribution in [2.75, 3.05) is 34.3 Å². The highest BCUT2D eigenvalue weighted by Crippen LogP contribution is 2.30. The summed E-state index contributed by atoms with van der Waals surface area (Å²) < 4.78 is 19.5. The van der Waals surface area contributed by atoms with E-state index < -0.39 is 18.0 Å². The quantitative estimate of drug-likeness (QED) is 0.708. The second-order valence-corrected chi connectivity index (χ2v) is 8.38. The Labute approximate surface area is 186 Å². The number of morpholine rings is 1. The van der Waals surface area contributed by atoms with Gasteiger partial charge < -0.3 is 19.9 Å². The van der Waals surface area contributed by atoms with Crippen LogP contribution in [-0.2, 0) is 14.3 Å². The largest absolute Gasteiger partial charge is 0.356 e. The smallest absolute Gasteiger partial charge is 0.252 e. The van der Waals surface area contributed by atoms with Gasteiger partial charge in [-0.25, -0.2) is 4.39 Å². The SMILES string of the molecule is CN(C)CCC(NC(=O)C1OCC(=O)N(C)C1c1cccc(F)c1)c1ccc(Cl)cc1. The second-order valence-electron chi connectivity index (χ2n) is 7.94. The van der Waals surface area contributed by atoms with Gasteiger partial charge in [-0.1, -0.05) is 35.9 Å². The molecule has 1 fully saturated rings. The number of amides is 2. The van der Waals surface area contributed by atoms with E-state index in [1.807, 2.05) is 31.1 Å². The number of hydrogen-bond acceptors (Lipinski definition) is 4. The fraction of sp³-hybridized carbons (Fsp3) is 0.391. The Bertz CT molecular complexity index is 923. The van der Waals surface area contributed by atoms with Gasteiger partial charge >= 0.3 is 0 Å². The maximum absolute atomic E-state index is 13.9.